The van der Waals surface area contributed by atoms with Gasteiger partial charge in [0.15, 0.2) is 0 Å². The maximum atomic E-state index is 13.2. The van der Waals surface area contributed by atoms with Crippen molar-refractivity contribution in [2.75, 3.05) is 11.5 Å². The number of rotatable bonds is 5. The third-order valence-electron chi connectivity index (χ3n) is 4.68. The fourth-order valence-corrected chi connectivity index (χ4v) is 3.29. The molecule has 1 N–H and O–H groups in total. The fraction of sp³-hybridized carbons (Fsp3) is 0.0870. The van der Waals surface area contributed by atoms with Crippen molar-refractivity contribution in [3.8, 4) is 11.4 Å². The monoisotopic (exact) mass is 419 g/mol. The van der Waals surface area contributed by atoms with E-state index in [2.05, 4.69) is 5.32 Å². The van der Waals surface area contributed by atoms with Crippen LogP contribution in [0.4, 0.5) is 14.9 Å². The minimum Gasteiger partial charge on any atom is -0.492 e. The summed E-state index contributed by atoms with van der Waals surface area (Å²) < 4.78 is 20.7. The van der Waals surface area contributed by atoms with Crippen LogP contribution in [0.25, 0.3) is 11.8 Å². The van der Waals surface area contributed by atoms with Gasteiger partial charge >= 0.3 is 6.03 Å². The molecule has 7 nitrogen and oxygen atoms in total. The van der Waals surface area contributed by atoms with Crippen molar-refractivity contribution in [2.24, 2.45) is 0 Å². The SMILES string of the molecule is CCOc1ccccc1-n1cccc1/C=C1/C(=O)NC(=O)N(c2ccc(F)cc2)C1=O. The molecular weight excluding hydrogens is 401 g/mol. The number of para-hydroxylation sites is 2. The first kappa shape index (κ1) is 20.1. The summed E-state index contributed by atoms with van der Waals surface area (Å²) in [5.74, 6) is -1.47. The number of aromatic nitrogens is 1. The highest BCUT2D eigenvalue weighted by Crippen LogP contribution is 2.27. The zero-order valence-electron chi connectivity index (χ0n) is 16.5. The van der Waals surface area contributed by atoms with Crippen LogP contribution in [0.15, 0.2) is 72.4 Å². The molecule has 1 aliphatic heterocycles. The van der Waals surface area contributed by atoms with Crippen LogP contribution in [0, 0.1) is 5.82 Å². The Labute approximate surface area is 177 Å². The van der Waals surface area contributed by atoms with Crippen molar-refractivity contribution >= 4 is 29.6 Å². The molecule has 156 valence electrons. The number of nitrogens with one attached hydrogen (secondary N) is 1. The summed E-state index contributed by atoms with van der Waals surface area (Å²) in [6.07, 6.45) is 3.18. The van der Waals surface area contributed by atoms with E-state index in [-0.39, 0.29) is 11.3 Å². The van der Waals surface area contributed by atoms with Gasteiger partial charge in [0.25, 0.3) is 11.8 Å². The predicted molar refractivity (Wildman–Crippen MR) is 112 cm³/mol. The average Bonchev–Trinajstić information content (AvgIpc) is 3.21. The van der Waals surface area contributed by atoms with Gasteiger partial charge in [-0.2, -0.15) is 0 Å². The molecule has 0 aliphatic carbocycles. The standard InChI is InChI=1S/C23H18FN3O4/c1-2-31-20-8-4-3-7-19(20)26-13-5-6-17(26)14-18-21(28)25-23(30)27(22(18)29)16-11-9-15(24)10-12-16/h3-14H,2H2,1H3,(H,25,28,30)/b18-14-. The number of carbonyl (C=O) groups excluding carboxylic acids is 3. The van der Waals surface area contributed by atoms with Gasteiger partial charge in [-0.3, -0.25) is 14.9 Å². The normalized spacial score (nSPS) is 15.4. The second-order valence-electron chi connectivity index (χ2n) is 6.64. The van der Waals surface area contributed by atoms with Gasteiger partial charge in [-0.1, -0.05) is 12.1 Å². The van der Waals surface area contributed by atoms with Gasteiger partial charge in [-0.25, -0.2) is 14.1 Å². The van der Waals surface area contributed by atoms with E-state index < -0.39 is 23.7 Å². The Morgan fingerprint density at radius 1 is 1.00 bits per heavy atom. The van der Waals surface area contributed by atoms with E-state index in [4.69, 9.17) is 4.74 Å². The van der Waals surface area contributed by atoms with Crippen LogP contribution < -0.4 is 15.0 Å². The molecule has 0 radical (unpaired) electrons. The molecule has 4 rings (SSSR count). The lowest BCUT2D eigenvalue weighted by Crippen LogP contribution is -2.54. The van der Waals surface area contributed by atoms with Crippen molar-refractivity contribution in [2.45, 2.75) is 6.92 Å². The Kier molecular flexibility index (Phi) is 5.36. The second kappa shape index (κ2) is 8.27. The lowest BCUT2D eigenvalue weighted by molar-refractivity contribution is -0.122. The molecule has 4 amide bonds. The minimum absolute atomic E-state index is 0.152. The van der Waals surface area contributed by atoms with Crippen LogP contribution in [-0.2, 0) is 9.59 Å². The Morgan fingerprint density at radius 3 is 2.48 bits per heavy atom. The number of carbonyl (C=O) groups is 3. The number of benzene rings is 2. The van der Waals surface area contributed by atoms with Crippen molar-refractivity contribution in [3.63, 3.8) is 0 Å². The first-order chi connectivity index (χ1) is 15.0. The van der Waals surface area contributed by atoms with Crippen molar-refractivity contribution in [1.82, 2.24) is 9.88 Å². The number of amides is 4. The number of halogens is 1. The van der Waals surface area contributed by atoms with Gasteiger partial charge in [0, 0.05) is 11.9 Å². The number of hydrogen-bond donors (Lipinski definition) is 1. The Hall–Kier alpha value is -4.20. The molecule has 0 saturated carbocycles. The minimum atomic E-state index is -0.893. The predicted octanol–water partition coefficient (Wildman–Crippen LogP) is 3.68. The summed E-state index contributed by atoms with van der Waals surface area (Å²) in [6.45, 7) is 2.35. The highest BCUT2D eigenvalue weighted by atomic mass is 19.1. The molecule has 1 fully saturated rings. The maximum absolute atomic E-state index is 13.2. The van der Waals surface area contributed by atoms with Gasteiger partial charge in [-0.15, -0.1) is 0 Å². The van der Waals surface area contributed by atoms with Crippen LogP contribution >= 0.6 is 0 Å². The molecule has 0 spiro atoms. The summed E-state index contributed by atoms with van der Waals surface area (Å²) in [5, 5.41) is 2.16. The molecule has 31 heavy (non-hydrogen) atoms. The Balaban J connectivity index is 1.75. The molecule has 0 unspecified atom stereocenters. The molecule has 1 saturated heterocycles. The van der Waals surface area contributed by atoms with Gasteiger partial charge in [0.1, 0.15) is 17.1 Å². The molecule has 1 aromatic heterocycles. The summed E-state index contributed by atoms with van der Waals surface area (Å²) >= 11 is 0. The number of barbiturate groups is 1. The molecule has 8 heteroatoms. The molecule has 2 aromatic carbocycles. The van der Waals surface area contributed by atoms with Crippen LogP contribution in [0.2, 0.25) is 0 Å². The Bertz CT molecular complexity index is 1200. The van der Waals surface area contributed by atoms with Crippen LogP contribution in [0.5, 0.6) is 5.75 Å². The quantitative estimate of drug-likeness (QED) is 0.505. The van der Waals surface area contributed by atoms with E-state index in [9.17, 15) is 18.8 Å². The van der Waals surface area contributed by atoms with Gasteiger partial charge in [0.2, 0.25) is 0 Å². The smallest absolute Gasteiger partial charge is 0.335 e. The molecule has 2 heterocycles. The molecule has 0 bridgehead atoms. The highest BCUT2D eigenvalue weighted by molar-refractivity contribution is 6.39. The van der Waals surface area contributed by atoms with E-state index in [1.54, 1.807) is 22.9 Å². The lowest BCUT2D eigenvalue weighted by atomic mass is 10.1. The largest absolute Gasteiger partial charge is 0.492 e. The van der Waals surface area contributed by atoms with E-state index >= 15 is 0 Å². The molecule has 0 atom stereocenters. The first-order valence-electron chi connectivity index (χ1n) is 9.56. The Morgan fingerprint density at radius 2 is 1.74 bits per heavy atom. The molecular formula is C23H18FN3O4. The fourth-order valence-electron chi connectivity index (χ4n) is 3.29. The number of nitrogens with zero attached hydrogens (tertiary/aromatic N) is 2. The number of urea groups is 1. The van der Waals surface area contributed by atoms with Crippen LogP contribution in [-0.4, -0.2) is 29.0 Å². The van der Waals surface area contributed by atoms with Gasteiger partial charge in [-0.05, 0) is 61.5 Å². The maximum Gasteiger partial charge on any atom is 0.335 e. The van der Waals surface area contributed by atoms with Crippen molar-refractivity contribution in [1.29, 1.82) is 0 Å². The number of anilines is 1. The number of hydrogen-bond acceptors (Lipinski definition) is 4. The average molecular weight is 419 g/mol. The molecule has 1 aliphatic rings. The van der Waals surface area contributed by atoms with E-state index in [0.29, 0.717) is 18.1 Å². The van der Waals surface area contributed by atoms with E-state index in [0.717, 1.165) is 22.7 Å². The van der Waals surface area contributed by atoms with Crippen LogP contribution in [0.1, 0.15) is 12.6 Å². The number of ether oxygens (including phenoxy) is 1. The van der Waals surface area contributed by atoms with Gasteiger partial charge < -0.3 is 9.30 Å². The second-order valence-corrected chi connectivity index (χ2v) is 6.64. The third-order valence-corrected chi connectivity index (χ3v) is 4.68. The topological polar surface area (TPSA) is 80.6 Å². The van der Waals surface area contributed by atoms with Crippen LogP contribution in [0.3, 0.4) is 0 Å². The third kappa shape index (κ3) is 3.83. The van der Waals surface area contributed by atoms with Crippen molar-refractivity contribution < 1.29 is 23.5 Å². The first-order valence-corrected chi connectivity index (χ1v) is 9.56. The summed E-state index contributed by atoms with van der Waals surface area (Å²) in [7, 11) is 0. The number of imide groups is 2. The van der Waals surface area contributed by atoms with Gasteiger partial charge in [0.05, 0.1) is 18.0 Å². The summed E-state index contributed by atoms with van der Waals surface area (Å²) in [5.41, 5.74) is 1.20. The van der Waals surface area contributed by atoms with E-state index in [1.807, 2.05) is 31.2 Å². The lowest BCUT2D eigenvalue weighted by Gasteiger charge is -2.26. The molecule has 3 aromatic rings. The van der Waals surface area contributed by atoms with E-state index in [1.165, 1.54) is 18.2 Å². The summed E-state index contributed by atoms with van der Waals surface area (Å²) in [6, 6.07) is 14.8. The van der Waals surface area contributed by atoms with Crippen molar-refractivity contribution in [3.05, 3.63) is 83.9 Å². The zero-order valence-corrected chi connectivity index (χ0v) is 16.5. The highest BCUT2D eigenvalue weighted by Gasteiger charge is 2.37. The summed E-state index contributed by atoms with van der Waals surface area (Å²) in [4.78, 5) is 38.6. The zero-order chi connectivity index (χ0) is 22.0.